The minimum atomic E-state index is -2.91. The van der Waals surface area contributed by atoms with Gasteiger partial charge >= 0.3 is 5.97 Å². The van der Waals surface area contributed by atoms with Crippen molar-refractivity contribution in [3.05, 3.63) is 36.5 Å². The first-order chi connectivity index (χ1) is 7.56. The first-order valence-electron chi connectivity index (χ1n) is 4.47. The van der Waals surface area contributed by atoms with E-state index in [0.29, 0.717) is 12.0 Å². The summed E-state index contributed by atoms with van der Waals surface area (Å²) < 4.78 is 24.5. The molecule has 1 N–H and O–H groups in total. The fraction of sp³-hybridized carbons (Fsp3) is 0.300. The van der Waals surface area contributed by atoms with E-state index in [4.69, 9.17) is 5.11 Å². The molecule has 90 valence electrons. The summed E-state index contributed by atoms with van der Waals surface area (Å²) in [6, 6.07) is 0. The van der Waals surface area contributed by atoms with Crippen LogP contribution in [-0.4, -0.2) is 26.4 Å². The predicted molar refractivity (Wildman–Crippen MR) is 58.8 cm³/mol. The van der Waals surface area contributed by atoms with Gasteiger partial charge in [0.15, 0.2) is 0 Å². The van der Waals surface area contributed by atoms with Gasteiger partial charge in [0.1, 0.15) is 11.4 Å². The topological polar surface area (TPSA) is 86.7 Å². The van der Waals surface area contributed by atoms with Crippen LogP contribution >= 0.6 is 0 Å². The lowest BCUT2D eigenvalue weighted by Crippen LogP contribution is -2.12. The number of aliphatic hydroxyl groups is 1. The van der Waals surface area contributed by atoms with E-state index in [9.17, 15) is 13.6 Å². The second-order valence-corrected chi connectivity index (χ2v) is 3.32. The minimum Gasteiger partial charge on any atom is -0.740 e. The fourth-order valence-corrected chi connectivity index (χ4v) is 1.29. The van der Waals surface area contributed by atoms with Gasteiger partial charge in [-0.15, -0.1) is 0 Å². The minimum absolute atomic E-state index is 0.112. The van der Waals surface area contributed by atoms with Crippen LogP contribution in [0.5, 0.6) is 0 Å². The molecule has 0 aliphatic heterocycles. The highest BCUT2D eigenvalue weighted by molar-refractivity contribution is 7.74. The molecule has 1 unspecified atom stereocenters. The molecule has 5 nitrogen and oxygen atoms in total. The van der Waals surface area contributed by atoms with Gasteiger partial charge in [-0.05, 0) is 18.4 Å². The second-order valence-electron chi connectivity index (χ2n) is 2.74. The molecule has 6 heteroatoms. The molecule has 0 aromatic rings. The summed E-state index contributed by atoms with van der Waals surface area (Å²) in [7, 11) is 0. The Bertz CT molecular complexity index is 322. The Morgan fingerprint density at radius 3 is 2.38 bits per heavy atom. The van der Waals surface area contributed by atoms with Gasteiger partial charge in [-0.1, -0.05) is 25.3 Å². The van der Waals surface area contributed by atoms with E-state index in [-0.39, 0.29) is 18.6 Å². The van der Waals surface area contributed by atoms with Crippen molar-refractivity contribution in [2.45, 2.75) is 12.8 Å². The summed E-state index contributed by atoms with van der Waals surface area (Å²) in [5, 5.41) is 8.66. The third-order valence-corrected chi connectivity index (χ3v) is 2.05. The van der Waals surface area contributed by atoms with Gasteiger partial charge in [0.2, 0.25) is 0 Å². The highest BCUT2D eigenvalue weighted by atomic mass is 32.2. The van der Waals surface area contributed by atoms with Crippen LogP contribution in [0.25, 0.3) is 0 Å². The molecule has 0 spiro atoms. The summed E-state index contributed by atoms with van der Waals surface area (Å²) in [5.41, 5.74) is 0.521. The molecule has 0 heterocycles. The lowest BCUT2D eigenvalue weighted by Gasteiger charge is -2.10. The van der Waals surface area contributed by atoms with Crippen LogP contribution in [0.4, 0.5) is 0 Å². The molecule has 0 aromatic carbocycles. The molecule has 16 heavy (non-hydrogen) atoms. The number of carbonyl (C=O) groups excluding carboxylic acids is 1. The van der Waals surface area contributed by atoms with Crippen LogP contribution in [0.3, 0.4) is 0 Å². The van der Waals surface area contributed by atoms with E-state index in [2.05, 4.69) is 17.3 Å². The van der Waals surface area contributed by atoms with Gasteiger partial charge in [-0.25, -0.2) is 9.00 Å². The number of rotatable bonds is 7. The molecule has 0 saturated heterocycles. The Kier molecular flexibility index (Phi) is 7.36. The number of allylic oxidation sites excluding steroid dienone is 3. The largest absolute Gasteiger partial charge is 0.740 e. The Balaban J connectivity index is 4.98. The zero-order valence-corrected chi connectivity index (χ0v) is 9.50. The van der Waals surface area contributed by atoms with Crippen molar-refractivity contribution in [3.8, 4) is 0 Å². The number of aliphatic hydroxyl groups excluding tert-OH is 1. The molecule has 0 bridgehead atoms. The second kappa shape index (κ2) is 7.98. The predicted octanol–water partition coefficient (Wildman–Crippen LogP) is 0.765. The molecule has 0 aliphatic carbocycles. The van der Waals surface area contributed by atoms with Gasteiger partial charge in [-0.3, -0.25) is 0 Å². The van der Waals surface area contributed by atoms with E-state index in [0.717, 1.165) is 0 Å². The van der Waals surface area contributed by atoms with Crippen LogP contribution < -0.4 is 0 Å². The van der Waals surface area contributed by atoms with Crippen molar-refractivity contribution in [1.82, 2.24) is 0 Å². The van der Waals surface area contributed by atoms with E-state index in [1.165, 1.54) is 12.2 Å². The number of hydrogen-bond donors (Lipinski definition) is 1. The van der Waals surface area contributed by atoms with Crippen molar-refractivity contribution in [1.29, 1.82) is 0 Å². The lowest BCUT2D eigenvalue weighted by molar-refractivity contribution is -0.129. The summed E-state index contributed by atoms with van der Waals surface area (Å²) in [5.74, 6) is -0.975. The van der Waals surface area contributed by atoms with Crippen LogP contribution in [0.15, 0.2) is 36.5 Å². The van der Waals surface area contributed by atoms with Crippen molar-refractivity contribution < 1.29 is 22.8 Å². The fourth-order valence-electron chi connectivity index (χ4n) is 1.06. The zero-order chi connectivity index (χ0) is 12.6. The number of carbonyl (C=O) groups is 1. The Hall–Kier alpha value is -1.24. The molecule has 0 fully saturated rings. The molecular formula is C10H13O5S-. The SMILES string of the molecule is C=CC(C=C)=C(CCCO)C(=O)OS(=O)[O-]. The van der Waals surface area contributed by atoms with E-state index in [1.807, 2.05) is 0 Å². The van der Waals surface area contributed by atoms with Crippen LogP contribution in [-0.2, 0) is 20.3 Å². The summed E-state index contributed by atoms with van der Waals surface area (Å²) in [4.78, 5) is 11.4. The highest BCUT2D eigenvalue weighted by Crippen LogP contribution is 2.15. The van der Waals surface area contributed by atoms with Gasteiger partial charge < -0.3 is 13.8 Å². The van der Waals surface area contributed by atoms with Gasteiger partial charge in [0.25, 0.3) is 0 Å². The lowest BCUT2D eigenvalue weighted by atomic mass is 10.0. The van der Waals surface area contributed by atoms with Crippen LogP contribution in [0.1, 0.15) is 12.8 Å². The molecule has 1 atom stereocenters. The summed E-state index contributed by atoms with van der Waals surface area (Å²) in [6.07, 6.45) is 3.25. The van der Waals surface area contributed by atoms with E-state index < -0.39 is 17.3 Å². The van der Waals surface area contributed by atoms with Gasteiger partial charge in [0.05, 0.1) is 0 Å². The first kappa shape index (κ1) is 14.8. The highest BCUT2D eigenvalue weighted by Gasteiger charge is 2.14. The van der Waals surface area contributed by atoms with Gasteiger partial charge in [-0.2, -0.15) is 0 Å². The quantitative estimate of drug-likeness (QED) is 0.406. The van der Waals surface area contributed by atoms with Crippen molar-refractivity contribution in [3.63, 3.8) is 0 Å². The summed E-state index contributed by atoms with van der Waals surface area (Å²) in [6.45, 7) is 6.83. The molecule has 0 saturated carbocycles. The average Bonchev–Trinajstić information content (AvgIpc) is 2.23. The van der Waals surface area contributed by atoms with Crippen molar-refractivity contribution in [2.75, 3.05) is 6.61 Å². The van der Waals surface area contributed by atoms with Crippen LogP contribution in [0, 0.1) is 0 Å². The monoisotopic (exact) mass is 245 g/mol. The maximum absolute atomic E-state index is 11.4. The third kappa shape index (κ3) is 5.01. The summed E-state index contributed by atoms with van der Waals surface area (Å²) >= 11 is -2.91. The smallest absolute Gasteiger partial charge is 0.347 e. The number of hydrogen-bond acceptors (Lipinski definition) is 5. The Morgan fingerprint density at radius 2 is 2.00 bits per heavy atom. The molecular weight excluding hydrogens is 232 g/mol. The van der Waals surface area contributed by atoms with Crippen molar-refractivity contribution >= 4 is 17.3 Å². The van der Waals surface area contributed by atoms with Crippen LogP contribution in [0.2, 0.25) is 0 Å². The standard InChI is InChI=1S/C10H14O5S/c1-3-8(4-2)9(6-5-7-11)10(12)15-16(13)14/h3-4,11H,1-2,5-7H2,(H,13,14)/p-1. The molecule has 0 amide bonds. The van der Waals surface area contributed by atoms with E-state index >= 15 is 0 Å². The Morgan fingerprint density at radius 1 is 1.44 bits per heavy atom. The molecule has 0 aliphatic rings. The van der Waals surface area contributed by atoms with Gasteiger partial charge in [0, 0.05) is 12.2 Å². The van der Waals surface area contributed by atoms with E-state index in [1.54, 1.807) is 0 Å². The normalized spacial score (nSPS) is 11.4. The van der Waals surface area contributed by atoms with Crippen molar-refractivity contribution in [2.24, 2.45) is 0 Å². The molecule has 0 rings (SSSR count). The Labute approximate surface area is 96.6 Å². The molecule has 0 radical (unpaired) electrons. The average molecular weight is 245 g/mol. The third-order valence-electron chi connectivity index (χ3n) is 1.76. The zero-order valence-electron chi connectivity index (χ0n) is 8.68. The molecule has 0 aromatic heterocycles. The first-order valence-corrected chi connectivity index (χ1v) is 5.47. The maximum atomic E-state index is 11.4. The maximum Gasteiger partial charge on any atom is 0.347 e.